The fourth-order valence-electron chi connectivity index (χ4n) is 3.56. The highest BCUT2D eigenvalue weighted by Gasteiger charge is 2.11. The van der Waals surface area contributed by atoms with Crippen LogP contribution >= 0.6 is 0 Å². The minimum atomic E-state index is -0.892. The van der Waals surface area contributed by atoms with Crippen LogP contribution in [0.4, 0.5) is 8.78 Å². The van der Waals surface area contributed by atoms with Crippen molar-refractivity contribution >= 4 is 0 Å². The zero-order valence-electron chi connectivity index (χ0n) is 19.2. The lowest BCUT2D eigenvalue weighted by molar-refractivity contribution is 0.218. The van der Waals surface area contributed by atoms with Crippen LogP contribution in [-0.2, 0) is 6.42 Å². The molecule has 2 rings (SSSR count). The Hall–Kier alpha value is -2.04. The molecular formula is C26H38F2N2O. The molecule has 0 aliphatic rings. The second kappa shape index (κ2) is 14.9. The average Bonchev–Trinajstić information content (AvgIpc) is 2.78. The van der Waals surface area contributed by atoms with E-state index in [0.29, 0.717) is 17.8 Å². The molecular weight excluding hydrogens is 394 g/mol. The fraction of sp³-hybridized carbons (Fsp3) is 0.615. The van der Waals surface area contributed by atoms with Crippen molar-refractivity contribution in [3.05, 3.63) is 42.0 Å². The van der Waals surface area contributed by atoms with Crippen LogP contribution in [0, 0.1) is 5.82 Å². The van der Waals surface area contributed by atoms with Crippen LogP contribution in [0.2, 0.25) is 0 Å². The van der Waals surface area contributed by atoms with Crippen molar-refractivity contribution in [1.29, 1.82) is 0 Å². The van der Waals surface area contributed by atoms with Gasteiger partial charge in [-0.1, -0.05) is 65.2 Å². The van der Waals surface area contributed by atoms with Crippen LogP contribution in [0.5, 0.6) is 5.75 Å². The number of rotatable bonds is 16. The van der Waals surface area contributed by atoms with Crippen LogP contribution in [0.3, 0.4) is 0 Å². The van der Waals surface area contributed by atoms with E-state index in [4.69, 9.17) is 4.74 Å². The number of hydrogen-bond acceptors (Lipinski definition) is 3. The Labute approximate surface area is 186 Å². The number of nitrogens with zero attached hydrogens (tertiary/aromatic N) is 2. The monoisotopic (exact) mass is 432 g/mol. The summed E-state index contributed by atoms with van der Waals surface area (Å²) in [5.74, 6) is 0.166. The molecule has 0 bridgehead atoms. The second-order valence-electron chi connectivity index (χ2n) is 8.31. The summed E-state index contributed by atoms with van der Waals surface area (Å²) in [6.07, 6.45) is 15.1. The van der Waals surface area contributed by atoms with Crippen molar-refractivity contribution in [2.45, 2.75) is 97.1 Å². The van der Waals surface area contributed by atoms with Gasteiger partial charge in [-0.25, -0.2) is 18.7 Å². The molecule has 172 valence electrons. The molecule has 0 fully saturated rings. The van der Waals surface area contributed by atoms with E-state index in [9.17, 15) is 8.78 Å². The highest BCUT2D eigenvalue weighted by atomic mass is 19.1. The number of halogens is 2. The lowest BCUT2D eigenvalue weighted by atomic mass is 10.1. The molecule has 3 nitrogen and oxygen atoms in total. The molecule has 0 radical (unpaired) electrons. The van der Waals surface area contributed by atoms with E-state index in [-0.39, 0.29) is 18.8 Å². The first-order valence-corrected chi connectivity index (χ1v) is 12.0. The highest BCUT2D eigenvalue weighted by molar-refractivity contribution is 5.56. The second-order valence-corrected chi connectivity index (χ2v) is 8.31. The smallest absolute Gasteiger partial charge is 0.165 e. The summed E-state index contributed by atoms with van der Waals surface area (Å²) >= 11 is 0. The topological polar surface area (TPSA) is 35.0 Å². The van der Waals surface area contributed by atoms with Crippen LogP contribution < -0.4 is 4.74 Å². The first-order chi connectivity index (χ1) is 15.1. The molecule has 0 saturated carbocycles. The largest absolute Gasteiger partial charge is 0.490 e. The quantitative estimate of drug-likeness (QED) is 0.253. The van der Waals surface area contributed by atoms with E-state index in [0.717, 1.165) is 37.7 Å². The lowest BCUT2D eigenvalue weighted by Crippen LogP contribution is -2.08. The van der Waals surface area contributed by atoms with Crippen molar-refractivity contribution in [3.63, 3.8) is 0 Å². The maximum Gasteiger partial charge on any atom is 0.165 e. The number of aryl methyl sites for hydroxylation is 1. The lowest BCUT2D eigenvalue weighted by Gasteiger charge is -2.11. The van der Waals surface area contributed by atoms with Gasteiger partial charge in [0.2, 0.25) is 0 Å². The molecule has 2 aromatic rings. The third kappa shape index (κ3) is 9.75. The van der Waals surface area contributed by atoms with Gasteiger partial charge in [0.1, 0.15) is 6.17 Å². The van der Waals surface area contributed by atoms with Crippen LogP contribution in [0.15, 0.2) is 30.6 Å². The fourth-order valence-corrected chi connectivity index (χ4v) is 3.56. The molecule has 0 spiro atoms. The van der Waals surface area contributed by atoms with Gasteiger partial charge in [-0.2, -0.15) is 0 Å². The molecule has 1 aromatic heterocycles. The summed E-state index contributed by atoms with van der Waals surface area (Å²) in [5, 5.41) is 0. The Morgan fingerprint density at radius 1 is 0.871 bits per heavy atom. The molecule has 0 aliphatic heterocycles. The summed E-state index contributed by atoms with van der Waals surface area (Å²) in [6, 6.07) is 4.70. The van der Waals surface area contributed by atoms with Gasteiger partial charge >= 0.3 is 0 Å². The van der Waals surface area contributed by atoms with E-state index >= 15 is 0 Å². The van der Waals surface area contributed by atoms with Crippen LogP contribution in [0.25, 0.3) is 11.4 Å². The molecule has 31 heavy (non-hydrogen) atoms. The molecule has 1 heterocycles. The number of benzene rings is 1. The van der Waals surface area contributed by atoms with E-state index in [1.165, 1.54) is 38.2 Å². The standard InChI is InChI=1S/C26H38F2N2O/c1-3-5-7-8-9-11-12-21-19-29-26(30-20-21)22-14-15-25(24(28)18-22)31-17-16-23(27)13-10-6-4-2/h14-15,18-20,23H,3-13,16-17H2,1-2H3. The van der Waals surface area contributed by atoms with Crippen molar-refractivity contribution in [2.24, 2.45) is 0 Å². The zero-order valence-corrected chi connectivity index (χ0v) is 19.2. The number of ether oxygens (including phenoxy) is 1. The number of unbranched alkanes of at least 4 members (excludes halogenated alkanes) is 7. The molecule has 0 N–H and O–H groups in total. The normalized spacial score (nSPS) is 12.1. The minimum Gasteiger partial charge on any atom is -0.490 e. The maximum atomic E-state index is 14.4. The van der Waals surface area contributed by atoms with Gasteiger partial charge in [0.05, 0.1) is 6.61 Å². The summed E-state index contributed by atoms with van der Waals surface area (Å²) in [7, 11) is 0. The van der Waals surface area contributed by atoms with Gasteiger partial charge in [0, 0.05) is 24.4 Å². The summed E-state index contributed by atoms with van der Waals surface area (Å²) in [6.45, 7) is 4.49. The molecule has 1 atom stereocenters. The molecule has 0 amide bonds. The van der Waals surface area contributed by atoms with E-state index in [1.54, 1.807) is 12.1 Å². The Bertz CT molecular complexity index is 737. The number of aromatic nitrogens is 2. The first-order valence-electron chi connectivity index (χ1n) is 12.0. The highest BCUT2D eigenvalue weighted by Crippen LogP contribution is 2.24. The van der Waals surface area contributed by atoms with Crippen molar-refractivity contribution < 1.29 is 13.5 Å². The molecule has 5 heteroatoms. The van der Waals surface area contributed by atoms with Gasteiger partial charge in [-0.15, -0.1) is 0 Å². The van der Waals surface area contributed by atoms with E-state index in [2.05, 4.69) is 23.8 Å². The van der Waals surface area contributed by atoms with Gasteiger partial charge in [-0.05, 0) is 43.0 Å². The summed E-state index contributed by atoms with van der Waals surface area (Å²) in [5.41, 5.74) is 1.72. The minimum absolute atomic E-state index is 0.143. The van der Waals surface area contributed by atoms with Crippen molar-refractivity contribution in [3.8, 4) is 17.1 Å². The number of alkyl halides is 1. The van der Waals surface area contributed by atoms with Crippen molar-refractivity contribution in [1.82, 2.24) is 9.97 Å². The predicted octanol–water partition coefficient (Wildman–Crippen LogP) is 7.87. The third-order valence-corrected chi connectivity index (χ3v) is 5.52. The Kier molecular flexibility index (Phi) is 12.1. The Morgan fingerprint density at radius 2 is 1.55 bits per heavy atom. The Morgan fingerprint density at radius 3 is 2.26 bits per heavy atom. The van der Waals surface area contributed by atoms with Gasteiger partial charge in [0.25, 0.3) is 0 Å². The zero-order chi connectivity index (χ0) is 22.3. The van der Waals surface area contributed by atoms with Gasteiger partial charge < -0.3 is 4.74 Å². The predicted molar refractivity (Wildman–Crippen MR) is 124 cm³/mol. The maximum absolute atomic E-state index is 14.4. The molecule has 0 aliphatic carbocycles. The van der Waals surface area contributed by atoms with Gasteiger partial charge in [0.15, 0.2) is 17.4 Å². The van der Waals surface area contributed by atoms with Crippen molar-refractivity contribution in [2.75, 3.05) is 6.61 Å². The summed E-state index contributed by atoms with van der Waals surface area (Å²) in [4.78, 5) is 8.80. The van der Waals surface area contributed by atoms with Gasteiger partial charge in [-0.3, -0.25) is 0 Å². The van der Waals surface area contributed by atoms with E-state index in [1.807, 2.05) is 12.4 Å². The summed E-state index contributed by atoms with van der Waals surface area (Å²) < 4.78 is 33.7. The molecule has 0 saturated heterocycles. The van der Waals surface area contributed by atoms with E-state index < -0.39 is 12.0 Å². The SMILES string of the molecule is CCCCCCCCc1cnc(-c2ccc(OCCC(F)CCCCC)c(F)c2)nc1. The average molecular weight is 433 g/mol. The van der Waals surface area contributed by atoms with Crippen LogP contribution in [-0.4, -0.2) is 22.7 Å². The first kappa shape index (κ1) is 25.2. The van der Waals surface area contributed by atoms with Crippen LogP contribution in [0.1, 0.15) is 90.0 Å². The Balaban J connectivity index is 1.78. The third-order valence-electron chi connectivity index (χ3n) is 5.52. The molecule has 1 unspecified atom stereocenters. The molecule has 1 aromatic carbocycles. The number of hydrogen-bond donors (Lipinski definition) is 0.